The van der Waals surface area contributed by atoms with Gasteiger partial charge in [-0.3, -0.25) is 14.7 Å². The van der Waals surface area contributed by atoms with Crippen LogP contribution in [-0.4, -0.2) is 55.6 Å². The van der Waals surface area contributed by atoms with Crippen LogP contribution in [0.5, 0.6) is 0 Å². The number of pyridine rings is 1. The van der Waals surface area contributed by atoms with Gasteiger partial charge in [0.05, 0.1) is 18.1 Å². The summed E-state index contributed by atoms with van der Waals surface area (Å²) in [4.78, 5) is 30.5. The van der Waals surface area contributed by atoms with Crippen molar-refractivity contribution in [2.45, 2.75) is 19.0 Å². The SMILES string of the molecule is O=C1C(n2ccnn2)N(CC2CCOCC2)c2nccnc2N1c1cccnc1. The van der Waals surface area contributed by atoms with Crippen LogP contribution in [0.25, 0.3) is 0 Å². The van der Waals surface area contributed by atoms with Crippen molar-refractivity contribution in [3.05, 3.63) is 49.3 Å². The van der Waals surface area contributed by atoms with Crippen molar-refractivity contribution < 1.29 is 9.53 Å². The summed E-state index contributed by atoms with van der Waals surface area (Å²) >= 11 is 0. The first kappa shape index (κ1) is 17.7. The maximum Gasteiger partial charge on any atom is 0.278 e. The van der Waals surface area contributed by atoms with Crippen LogP contribution in [0.3, 0.4) is 0 Å². The second kappa shape index (κ2) is 7.55. The lowest BCUT2D eigenvalue weighted by Gasteiger charge is -2.42. The van der Waals surface area contributed by atoms with Gasteiger partial charge in [0.1, 0.15) is 0 Å². The van der Waals surface area contributed by atoms with E-state index in [9.17, 15) is 4.79 Å². The standard InChI is InChI=1S/C19H20N8O2/c28-19-18(26-9-8-23-24-26)25(13-14-3-10-29-11-4-14)16-17(22-7-6-21-16)27(19)15-2-1-5-20-12-15/h1-2,5-9,12,14,18H,3-4,10-11,13H2. The van der Waals surface area contributed by atoms with Crippen LogP contribution < -0.4 is 9.80 Å². The molecule has 29 heavy (non-hydrogen) atoms. The fourth-order valence-electron chi connectivity index (χ4n) is 3.89. The van der Waals surface area contributed by atoms with Crippen molar-refractivity contribution in [1.29, 1.82) is 0 Å². The number of nitrogens with zero attached hydrogens (tertiary/aromatic N) is 8. The molecule has 148 valence electrons. The summed E-state index contributed by atoms with van der Waals surface area (Å²) < 4.78 is 7.07. The molecule has 0 radical (unpaired) electrons. The van der Waals surface area contributed by atoms with E-state index < -0.39 is 6.17 Å². The third kappa shape index (κ3) is 3.21. The molecule has 0 spiro atoms. The number of amides is 1. The Morgan fingerprint density at radius 3 is 2.62 bits per heavy atom. The molecule has 1 fully saturated rings. The van der Waals surface area contributed by atoms with Crippen LogP contribution in [0, 0.1) is 5.92 Å². The Hall–Kier alpha value is -3.40. The molecule has 1 amide bonds. The lowest BCUT2D eigenvalue weighted by Crippen LogP contribution is -2.51. The van der Waals surface area contributed by atoms with Crippen molar-refractivity contribution in [2.24, 2.45) is 5.92 Å². The predicted molar refractivity (Wildman–Crippen MR) is 103 cm³/mol. The molecule has 5 heterocycles. The zero-order valence-corrected chi connectivity index (χ0v) is 15.7. The number of ether oxygens (including phenoxy) is 1. The smallest absolute Gasteiger partial charge is 0.278 e. The van der Waals surface area contributed by atoms with E-state index in [2.05, 4.69) is 25.3 Å². The van der Waals surface area contributed by atoms with Gasteiger partial charge in [-0.05, 0) is 30.9 Å². The second-order valence-electron chi connectivity index (χ2n) is 7.05. The summed E-state index contributed by atoms with van der Waals surface area (Å²) in [6.45, 7) is 2.12. The number of anilines is 3. The molecule has 0 saturated carbocycles. The maximum atomic E-state index is 13.7. The van der Waals surface area contributed by atoms with E-state index in [1.807, 2.05) is 11.0 Å². The van der Waals surface area contributed by atoms with E-state index in [4.69, 9.17) is 4.74 Å². The molecule has 2 aliphatic heterocycles. The largest absolute Gasteiger partial charge is 0.381 e. The number of hydrogen-bond acceptors (Lipinski definition) is 8. The molecular formula is C19H20N8O2. The lowest BCUT2D eigenvalue weighted by atomic mass is 9.99. The topological polar surface area (TPSA) is 102 Å². The highest BCUT2D eigenvalue weighted by atomic mass is 16.5. The third-order valence-electron chi connectivity index (χ3n) is 5.27. The Morgan fingerprint density at radius 2 is 1.90 bits per heavy atom. The van der Waals surface area contributed by atoms with Gasteiger partial charge in [-0.2, -0.15) is 0 Å². The van der Waals surface area contributed by atoms with Crippen LogP contribution in [-0.2, 0) is 9.53 Å². The summed E-state index contributed by atoms with van der Waals surface area (Å²) in [6, 6.07) is 3.62. The first-order valence-electron chi connectivity index (χ1n) is 9.58. The van der Waals surface area contributed by atoms with Crippen LogP contribution in [0.4, 0.5) is 17.3 Å². The lowest BCUT2D eigenvalue weighted by molar-refractivity contribution is -0.121. The van der Waals surface area contributed by atoms with Crippen LogP contribution >= 0.6 is 0 Å². The monoisotopic (exact) mass is 392 g/mol. The molecule has 2 aliphatic rings. The number of rotatable bonds is 4. The Bertz CT molecular complexity index is 975. The molecule has 1 unspecified atom stereocenters. The summed E-state index contributed by atoms with van der Waals surface area (Å²) in [5.41, 5.74) is 0.634. The molecule has 0 aromatic carbocycles. The number of hydrogen-bond donors (Lipinski definition) is 0. The average molecular weight is 392 g/mol. The molecule has 10 nitrogen and oxygen atoms in total. The summed E-state index contributed by atoms with van der Waals surface area (Å²) in [6.07, 6.45) is 11.0. The van der Waals surface area contributed by atoms with Crippen LogP contribution in [0.15, 0.2) is 49.3 Å². The Labute approximate surface area is 167 Å². The van der Waals surface area contributed by atoms with Crippen molar-refractivity contribution >= 4 is 23.2 Å². The van der Waals surface area contributed by atoms with E-state index in [0.29, 0.717) is 29.8 Å². The van der Waals surface area contributed by atoms with Crippen molar-refractivity contribution in [3.8, 4) is 0 Å². The molecule has 3 aromatic rings. The molecule has 1 atom stereocenters. The first-order chi connectivity index (χ1) is 14.3. The Kier molecular flexibility index (Phi) is 4.60. The summed E-state index contributed by atoms with van der Waals surface area (Å²) in [5, 5.41) is 8.04. The van der Waals surface area contributed by atoms with Gasteiger partial charge >= 0.3 is 0 Å². The molecule has 5 rings (SSSR count). The molecule has 1 saturated heterocycles. The summed E-state index contributed by atoms with van der Waals surface area (Å²) in [5.74, 6) is 1.35. The number of aromatic nitrogens is 6. The summed E-state index contributed by atoms with van der Waals surface area (Å²) in [7, 11) is 0. The zero-order valence-electron chi connectivity index (χ0n) is 15.7. The molecule has 0 N–H and O–H groups in total. The molecule has 3 aromatic heterocycles. The van der Waals surface area contributed by atoms with Crippen molar-refractivity contribution in [2.75, 3.05) is 29.6 Å². The second-order valence-corrected chi connectivity index (χ2v) is 7.05. The van der Waals surface area contributed by atoms with Gasteiger partial charge in [-0.15, -0.1) is 5.10 Å². The quantitative estimate of drug-likeness (QED) is 0.659. The zero-order chi connectivity index (χ0) is 19.6. The Balaban J connectivity index is 1.62. The number of carbonyl (C=O) groups excluding carboxylic acids is 1. The van der Waals surface area contributed by atoms with E-state index in [1.54, 1.807) is 52.8 Å². The Morgan fingerprint density at radius 1 is 1.07 bits per heavy atom. The fraction of sp³-hybridized carbons (Fsp3) is 0.368. The first-order valence-corrected chi connectivity index (χ1v) is 9.58. The third-order valence-corrected chi connectivity index (χ3v) is 5.27. The van der Waals surface area contributed by atoms with E-state index in [0.717, 1.165) is 26.1 Å². The average Bonchev–Trinajstić information content (AvgIpc) is 3.30. The highest BCUT2D eigenvalue weighted by Gasteiger charge is 2.43. The maximum absolute atomic E-state index is 13.7. The van der Waals surface area contributed by atoms with Gasteiger partial charge in [0.2, 0.25) is 6.17 Å². The van der Waals surface area contributed by atoms with Gasteiger partial charge in [-0.1, -0.05) is 5.21 Å². The van der Waals surface area contributed by atoms with E-state index >= 15 is 0 Å². The highest BCUT2D eigenvalue weighted by molar-refractivity contribution is 6.07. The molecule has 0 bridgehead atoms. The number of carbonyl (C=O) groups is 1. The molecule has 0 aliphatic carbocycles. The molecule has 10 heteroatoms. The van der Waals surface area contributed by atoms with Gasteiger partial charge in [0.15, 0.2) is 11.6 Å². The van der Waals surface area contributed by atoms with Crippen molar-refractivity contribution in [3.63, 3.8) is 0 Å². The van der Waals surface area contributed by atoms with Gasteiger partial charge < -0.3 is 9.64 Å². The van der Waals surface area contributed by atoms with Crippen molar-refractivity contribution in [1.82, 2.24) is 29.9 Å². The van der Waals surface area contributed by atoms with Crippen LogP contribution in [0.1, 0.15) is 19.0 Å². The van der Waals surface area contributed by atoms with E-state index in [1.165, 1.54) is 0 Å². The van der Waals surface area contributed by atoms with E-state index in [-0.39, 0.29) is 5.91 Å². The minimum atomic E-state index is -0.704. The minimum absolute atomic E-state index is 0.177. The fourth-order valence-corrected chi connectivity index (χ4v) is 3.89. The predicted octanol–water partition coefficient (Wildman–Crippen LogP) is 1.57. The normalized spacial score (nSPS) is 20.0. The highest BCUT2D eigenvalue weighted by Crippen LogP contribution is 2.41. The van der Waals surface area contributed by atoms with Gasteiger partial charge in [-0.25, -0.2) is 14.6 Å². The van der Waals surface area contributed by atoms with Gasteiger partial charge in [0, 0.05) is 44.5 Å². The number of fused-ring (bicyclic) bond motifs is 1. The molecular weight excluding hydrogens is 372 g/mol. The van der Waals surface area contributed by atoms with Gasteiger partial charge in [0.25, 0.3) is 5.91 Å². The minimum Gasteiger partial charge on any atom is -0.381 e. The van der Waals surface area contributed by atoms with Crippen LogP contribution in [0.2, 0.25) is 0 Å².